The van der Waals surface area contributed by atoms with Crippen molar-refractivity contribution < 1.29 is 9.53 Å². The van der Waals surface area contributed by atoms with Crippen molar-refractivity contribution >= 4 is 27.5 Å². The third kappa shape index (κ3) is 4.89. The van der Waals surface area contributed by atoms with Crippen LogP contribution < -0.4 is 15.9 Å². The van der Waals surface area contributed by atoms with Crippen LogP contribution >= 0.6 is 0 Å². The topological polar surface area (TPSA) is 79.3 Å². The molecule has 6 heteroatoms. The number of nitrogen functional groups attached to an aromatic ring is 1. The molecular formula is C15H25BN2O2Si. The van der Waals surface area contributed by atoms with Crippen LogP contribution in [0.4, 0.5) is 0 Å². The van der Waals surface area contributed by atoms with Crippen molar-refractivity contribution in [2.24, 2.45) is 5.73 Å². The van der Waals surface area contributed by atoms with Crippen LogP contribution in [0.2, 0.25) is 18.1 Å². The molecule has 1 rings (SSSR count). The van der Waals surface area contributed by atoms with E-state index in [0.717, 1.165) is 12.8 Å². The molecule has 0 aliphatic carbocycles. The van der Waals surface area contributed by atoms with E-state index in [9.17, 15) is 4.80 Å². The largest absolute Gasteiger partial charge is 0.494 e. The zero-order chi connectivity index (χ0) is 16.3. The number of benzene rings is 1. The van der Waals surface area contributed by atoms with E-state index in [2.05, 4.69) is 13.8 Å². The second-order valence-electron chi connectivity index (χ2n) is 6.56. The van der Waals surface area contributed by atoms with Crippen LogP contribution in [0.5, 0.6) is 5.75 Å². The van der Waals surface area contributed by atoms with Gasteiger partial charge in [-0.25, -0.2) is 0 Å². The minimum absolute atomic E-state index is 0.00913. The number of ether oxygens (including phenoxy) is 1. The number of rotatable bonds is 7. The molecule has 2 radical (unpaired) electrons. The standard InChI is InChI=1S/C15H25BN2O2Si/c1-15(2,21(3,4)19)8-5-9-20-13-7-6-11(14(17)18)10-12(13)16/h6-7,10,19H,5,8-9H2,1-4H3,(H3,17,18). The van der Waals surface area contributed by atoms with Crippen molar-refractivity contribution in [3.05, 3.63) is 23.8 Å². The summed E-state index contributed by atoms with van der Waals surface area (Å²) >= 11 is 0. The summed E-state index contributed by atoms with van der Waals surface area (Å²) < 4.78 is 5.68. The van der Waals surface area contributed by atoms with Crippen molar-refractivity contribution in [2.75, 3.05) is 6.61 Å². The molecule has 0 heterocycles. The summed E-state index contributed by atoms with van der Waals surface area (Å²) in [6.07, 6.45) is 1.77. The highest BCUT2D eigenvalue weighted by Gasteiger charge is 2.37. The molecule has 0 aromatic heterocycles. The molecule has 0 saturated carbocycles. The van der Waals surface area contributed by atoms with Gasteiger partial charge in [-0.1, -0.05) is 25.4 Å². The van der Waals surface area contributed by atoms with E-state index in [1.54, 1.807) is 18.2 Å². The van der Waals surface area contributed by atoms with Crippen molar-refractivity contribution in [3.63, 3.8) is 0 Å². The maximum Gasteiger partial charge on any atom is 0.188 e. The normalized spacial score (nSPS) is 12.2. The van der Waals surface area contributed by atoms with Crippen molar-refractivity contribution in [2.45, 2.75) is 44.8 Å². The average Bonchev–Trinajstić information content (AvgIpc) is 2.34. The Labute approximate surface area is 129 Å². The van der Waals surface area contributed by atoms with Crippen LogP contribution in [-0.4, -0.2) is 33.4 Å². The molecule has 0 atom stereocenters. The molecule has 4 N–H and O–H groups in total. The second kappa shape index (κ2) is 6.66. The minimum atomic E-state index is -2.16. The fraction of sp³-hybridized carbons (Fsp3) is 0.533. The molecule has 0 spiro atoms. The van der Waals surface area contributed by atoms with Crippen molar-refractivity contribution in [1.29, 1.82) is 5.41 Å². The van der Waals surface area contributed by atoms with Gasteiger partial charge in [0.2, 0.25) is 0 Å². The highest BCUT2D eigenvalue weighted by atomic mass is 28.4. The Hall–Kier alpha value is -1.27. The summed E-state index contributed by atoms with van der Waals surface area (Å²) in [4.78, 5) is 10.2. The van der Waals surface area contributed by atoms with Crippen LogP contribution in [-0.2, 0) is 0 Å². The van der Waals surface area contributed by atoms with E-state index in [0.29, 0.717) is 23.4 Å². The van der Waals surface area contributed by atoms with Gasteiger partial charge in [0.25, 0.3) is 0 Å². The molecule has 0 saturated heterocycles. The van der Waals surface area contributed by atoms with E-state index in [-0.39, 0.29) is 10.9 Å². The number of hydrogen-bond acceptors (Lipinski definition) is 3. The Bertz CT molecular complexity index is 513. The molecule has 21 heavy (non-hydrogen) atoms. The molecular weight excluding hydrogens is 279 g/mol. The first-order valence-corrected chi connectivity index (χ1v) is 10.1. The van der Waals surface area contributed by atoms with Gasteiger partial charge in [0.1, 0.15) is 19.4 Å². The first-order chi connectivity index (χ1) is 9.54. The summed E-state index contributed by atoms with van der Waals surface area (Å²) in [7, 11) is 3.72. The van der Waals surface area contributed by atoms with Crippen LogP contribution in [0.15, 0.2) is 18.2 Å². The van der Waals surface area contributed by atoms with Gasteiger partial charge >= 0.3 is 0 Å². The maximum absolute atomic E-state index is 10.2. The van der Waals surface area contributed by atoms with Gasteiger partial charge in [-0.05, 0) is 43.1 Å². The fourth-order valence-electron chi connectivity index (χ4n) is 1.85. The van der Waals surface area contributed by atoms with Crippen LogP contribution in [0.1, 0.15) is 32.3 Å². The van der Waals surface area contributed by atoms with Gasteiger partial charge in [0, 0.05) is 5.56 Å². The van der Waals surface area contributed by atoms with Gasteiger partial charge < -0.3 is 15.3 Å². The minimum Gasteiger partial charge on any atom is -0.494 e. The lowest BCUT2D eigenvalue weighted by Crippen LogP contribution is -2.39. The van der Waals surface area contributed by atoms with Gasteiger partial charge in [0.15, 0.2) is 8.32 Å². The van der Waals surface area contributed by atoms with E-state index in [4.69, 9.17) is 23.7 Å². The SMILES string of the molecule is [B]c1cc(C(=N)N)ccc1OCCCC(C)(C)[Si](C)(C)O. The quantitative estimate of drug-likeness (QED) is 0.311. The molecule has 0 bridgehead atoms. The highest BCUT2D eigenvalue weighted by Crippen LogP contribution is 2.39. The summed E-state index contributed by atoms with van der Waals surface area (Å²) in [5.41, 5.74) is 6.49. The lowest BCUT2D eigenvalue weighted by Gasteiger charge is -2.35. The lowest BCUT2D eigenvalue weighted by molar-refractivity contribution is 0.296. The fourth-order valence-corrected chi connectivity index (χ4v) is 2.64. The predicted molar refractivity (Wildman–Crippen MR) is 91.3 cm³/mol. The molecule has 114 valence electrons. The lowest BCUT2D eigenvalue weighted by atomic mass is 9.93. The summed E-state index contributed by atoms with van der Waals surface area (Å²) in [6, 6.07) is 5.11. The van der Waals surface area contributed by atoms with Crippen LogP contribution in [0.25, 0.3) is 0 Å². The summed E-state index contributed by atoms with van der Waals surface area (Å²) in [6.45, 7) is 8.70. The summed E-state index contributed by atoms with van der Waals surface area (Å²) in [5.74, 6) is 0.600. The first kappa shape index (κ1) is 17.8. The highest BCUT2D eigenvalue weighted by molar-refractivity contribution is 6.72. The second-order valence-corrected chi connectivity index (χ2v) is 11.0. The van der Waals surface area contributed by atoms with Gasteiger partial charge in [-0.3, -0.25) is 5.41 Å². The van der Waals surface area contributed by atoms with Gasteiger partial charge in [-0.15, -0.1) is 0 Å². The number of hydrogen-bond donors (Lipinski definition) is 3. The van der Waals surface area contributed by atoms with E-state index in [1.807, 2.05) is 13.1 Å². The number of nitrogens with two attached hydrogens (primary N) is 1. The maximum atomic E-state index is 10.2. The zero-order valence-corrected chi connectivity index (χ0v) is 14.4. The molecule has 0 fully saturated rings. The van der Waals surface area contributed by atoms with Gasteiger partial charge in [-0.2, -0.15) is 0 Å². The third-order valence-electron chi connectivity index (χ3n) is 4.18. The van der Waals surface area contributed by atoms with Crippen molar-refractivity contribution in [3.8, 4) is 5.75 Å². The molecule has 0 amide bonds. The van der Waals surface area contributed by atoms with E-state index >= 15 is 0 Å². The van der Waals surface area contributed by atoms with Gasteiger partial charge in [0.05, 0.1) is 6.61 Å². The summed E-state index contributed by atoms with van der Waals surface area (Å²) in [5, 5.41) is 7.32. The average molecular weight is 304 g/mol. The Kier molecular flexibility index (Phi) is 5.64. The Morgan fingerprint density at radius 1 is 1.43 bits per heavy atom. The Balaban J connectivity index is 2.52. The van der Waals surface area contributed by atoms with Crippen LogP contribution in [0.3, 0.4) is 0 Å². The van der Waals surface area contributed by atoms with E-state index < -0.39 is 8.32 Å². The predicted octanol–water partition coefficient (Wildman–Crippen LogP) is 1.90. The number of nitrogens with one attached hydrogen (secondary N) is 1. The Morgan fingerprint density at radius 3 is 2.52 bits per heavy atom. The molecule has 1 aromatic carbocycles. The first-order valence-electron chi connectivity index (χ1n) is 7.14. The Morgan fingerprint density at radius 2 is 2.05 bits per heavy atom. The molecule has 1 aromatic rings. The zero-order valence-electron chi connectivity index (χ0n) is 13.4. The molecule has 0 unspecified atom stereocenters. The number of amidine groups is 1. The third-order valence-corrected chi connectivity index (χ3v) is 7.74. The molecule has 0 aliphatic heterocycles. The smallest absolute Gasteiger partial charge is 0.188 e. The van der Waals surface area contributed by atoms with Crippen LogP contribution in [0, 0.1) is 5.41 Å². The van der Waals surface area contributed by atoms with E-state index in [1.165, 1.54) is 0 Å². The van der Waals surface area contributed by atoms with Crippen molar-refractivity contribution in [1.82, 2.24) is 0 Å². The monoisotopic (exact) mass is 304 g/mol. The molecule has 4 nitrogen and oxygen atoms in total. The molecule has 0 aliphatic rings.